The minimum atomic E-state index is -4.66. The minimum absolute atomic E-state index is 0.0802. The molecule has 2 aromatic heterocycles. The third kappa shape index (κ3) is 4.11. The first-order valence-corrected chi connectivity index (χ1v) is 7.76. The fraction of sp³-hybridized carbons (Fsp3) is 0.0625. The van der Waals surface area contributed by atoms with Crippen LogP contribution >= 0.6 is 11.6 Å². The molecule has 7 nitrogen and oxygen atoms in total. The van der Waals surface area contributed by atoms with E-state index in [2.05, 4.69) is 25.2 Å². The number of hydrogen-bond donors (Lipinski definition) is 2. The van der Waals surface area contributed by atoms with Crippen molar-refractivity contribution in [2.24, 2.45) is 10.2 Å². The summed E-state index contributed by atoms with van der Waals surface area (Å²) in [7, 11) is 0. The van der Waals surface area contributed by atoms with Crippen molar-refractivity contribution in [3.63, 3.8) is 0 Å². The topological polar surface area (TPSA) is 115 Å². The summed E-state index contributed by atoms with van der Waals surface area (Å²) in [5, 5.41) is 7.22. The lowest BCUT2D eigenvalue weighted by molar-refractivity contribution is -0.137. The molecule has 0 saturated heterocycles. The van der Waals surface area contributed by atoms with Crippen LogP contribution in [0, 0.1) is 0 Å². The van der Waals surface area contributed by atoms with E-state index in [9.17, 15) is 13.2 Å². The normalized spacial score (nSPS) is 11.9. The van der Waals surface area contributed by atoms with Gasteiger partial charge in [0.25, 0.3) is 0 Å². The van der Waals surface area contributed by atoms with E-state index in [1.54, 1.807) is 18.2 Å². The largest absolute Gasteiger partial charge is 0.418 e. The summed E-state index contributed by atoms with van der Waals surface area (Å²) in [5.74, 6) is -0.129. The van der Waals surface area contributed by atoms with Crippen LogP contribution in [0.25, 0.3) is 11.5 Å². The summed E-state index contributed by atoms with van der Waals surface area (Å²) in [6, 6.07) is 8.19. The van der Waals surface area contributed by atoms with Gasteiger partial charge in [-0.2, -0.15) is 13.2 Å². The first-order valence-electron chi connectivity index (χ1n) is 7.38. The van der Waals surface area contributed by atoms with Crippen molar-refractivity contribution in [2.75, 3.05) is 11.5 Å². The van der Waals surface area contributed by atoms with Crippen LogP contribution in [-0.4, -0.2) is 15.0 Å². The Labute approximate surface area is 155 Å². The van der Waals surface area contributed by atoms with Crippen molar-refractivity contribution in [1.82, 2.24) is 15.0 Å². The van der Waals surface area contributed by atoms with Crippen LogP contribution in [-0.2, 0) is 6.18 Å². The molecule has 11 heteroatoms. The molecule has 4 N–H and O–H groups in total. The van der Waals surface area contributed by atoms with Crippen LogP contribution < -0.4 is 11.5 Å². The Morgan fingerprint density at radius 3 is 2.26 bits per heavy atom. The highest BCUT2D eigenvalue weighted by atomic mass is 35.5. The molecule has 0 bridgehead atoms. The van der Waals surface area contributed by atoms with Crippen molar-refractivity contribution in [3.8, 4) is 11.5 Å². The molecule has 0 spiro atoms. The Morgan fingerprint density at radius 1 is 0.963 bits per heavy atom. The van der Waals surface area contributed by atoms with Gasteiger partial charge in [-0.15, -0.1) is 10.2 Å². The van der Waals surface area contributed by atoms with E-state index in [1.165, 1.54) is 12.3 Å². The van der Waals surface area contributed by atoms with Gasteiger partial charge in [0.15, 0.2) is 23.1 Å². The van der Waals surface area contributed by atoms with Crippen molar-refractivity contribution >= 4 is 34.6 Å². The SMILES string of the molecule is Nc1nc(-c2ccccn2)nc(N)c1N=Nc1ccc(Cl)cc1C(F)(F)F. The number of pyridine rings is 1. The van der Waals surface area contributed by atoms with Crippen molar-refractivity contribution in [3.05, 3.63) is 53.2 Å². The third-order valence-corrected chi connectivity index (χ3v) is 3.59. The number of alkyl halides is 3. The van der Waals surface area contributed by atoms with E-state index < -0.39 is 17.4 Å². The lowest BCUT2D eigenvalue weighted by atomic mass is 10.2. The van der Waals surface area contributed by atoms with E-state index in [-0.39, 0.29) is 28.2 Å². The molecule has 0 aliphatic heterocycles. The second-order valence-corrected chi connectivity index (χ2v) is 5.68. The Morgan fingerprint density at radius 2 is 1.67 bits per heavy atom. The molecule has 0 amide bonds. The number of nitrogens with two attached hydrogens (primary N) is 2. The van der Waals surface area contributed by atoms with Gasteiger partial charge in [-0.05, 0) is 30.3 Å². The lowest BCUT2D eigenvalue weighted by Gasteiger charge is -2.10. The maximum Gasteiger partial charge on any atom is 0.418 e. The summed E-state index contributed by atoms with van der Waals surface area (Å²) >= 11 is 5.63. The molecule has 2 heterocycles. The predicted octanol–water partition coefficient (Wildman–Crippen LogP) is 4.79. The van der Waals surface area contributed by atoms with E-state index in [1.807, 2.05) is 0 Å². The van der Waals surface area contributed by atoms with Gasteiger partial charge in [-0.1, -0.05) is 17.7 Å². The van der Waals surface area contributed by atoms with Gasteiger partial charge in [-0.25, -0.2) is 9.97 Å². The summed E-state index contributed by atoms with van der Waals surface area (Å²) in [6.07, 6.45) is -3.12. The third-order valence-electron chi connectivity index (χ3n) is 3.35. The molecule has 138 valence electrons. The van der Waals surface area contributed by atoms with Gasteiger partial charge in [0.1, 0.15) is 5.69 Å². The summed E-state index contributed by atoms with van der Waals surface area (Å²) in [5.41, 5.74) is 10.4. The van der Waals surface area contributed by atoms with E-state index >= 15 is 0 Å². The second kappa shape index (κ2) is 7.16. The number of anilines is 2. The molecule has 3 rings (SSSR count). The highest BCUT2D eigenvalue weighted by molar-refractivity contribution is 6.30. The number of aromatic nitrogens is 3. The van der Waals surface area contributed by atoms with Crippen LogP contribution in [0.15, 0.2) is 52.8 Å². The Balaban J connectivity index is 2.00. The van der Waals surface area contributed by atoms with E-state index in [4.69, 9.17) is 23.1 Å². The average Bonchev–Trinajstić information content (AvgIpc) is 2.62. The molecule has 0 saturated carbocycles. The molecule has 0 unspecified atom stereocenters. The molecular weight excluding hydrogens is 383 g/mol. The van der Waals surface area contributed by atoms with Crippen molar-refractivity contribution in [2.45, 2.75) is 6.18 Å². The zero-order chi connectivity index (χ0) is 19.6. The summed E-state index contributed by atoms with van der Waals surface area (Å²) in [6.45, 7) is 0. The van der Waals surface area contributed by atoms with Gasteiger partial charge < -0.3 is 11.5 Å². The molecule has 0 radical (unpaired) electrons. The first-order chi connectivity index (χ1) is 12.8. The highest BCUT2D eigenvalue weighted by Gasteiger charge is 2.34. The molecular formula is C16H11ClF3N7. The number of nitrogens with zero attached hydrogens (tertiary/aromatic N) is 5. The van der Waals surface area contributed by atoms with Crippen LogP contribution in [0.3, 0.4) is 0 Å². The zero-order valence-corrected chi connectivity index (χ0v) is 14.2. The smallest absolute Gasteiger partial charge is 0.382 e. The monoisotopic (exact) mass is 393 g/mol. The van der Waals surface area contributed by atoms with Gasteiger partial charge in [-0.3, -0.25) is 4.98 Å². The highest BCUT2D eigenvalue weighted by Crippen LogP contribution is 2.39. The van der Waals surface area contributed by atoms with Crippen LogP contribution in [0.5, 0.6) is 0 Å². The summed E-state index contributed by atoms with van der Waals surface area (Å²) < 4.78 is 39.3. The summed E-state index contributed by atoms with van der Waals surface area (Å²) in [4.78, 5) is 12.1. The second-order valence-electron chi connectivity index (χ2n) is 5.24. The lowest BCUT2D eigenvalue weighted by Crippen LogP contribution is -2.05. The molecule has 1 aromatic carbocycles. The number of benzene rings is 1. The Kier molecular flexibility index (Phi) is 4.91. The Bertz CT molecular complexity index is 984. The molecule has 27 heavy (non-hydrogen) atoms. The molecule has 0 aliphatic carbocycles. The quantitative estimate of drug-likeness (QED) is 0.620. The maximum atomic E-state index is 13.1. The van der Waals surface area contributed by atoms with Crippen LogP contribution in [0.1, 0.15) is 5.56 Å². The van der Waals surface area contributed by atoms with Gasteiger partial charge in [0.05, 0.1) is 11.3 Å². The predicted molar refractivity (Wildman–Crippen MR) is 94.7 cm³/mol. The van der Waals surface area contributed by atoms with Crippen LogP contribution in [0.2, 0.25) is 5.02 Å². The standard InChI is InChI=1S/C16H11ClF3N7/c17-8-4-5-10(9(7-8)16(18,19)20)26-27-12-13(21)24-15(25-14(12)22)11-3-1-2-6-23-11/h1-7H,(H4,21,22,24,25). The molecule has 3 aromatic rings. The molecule has 0 atom stereocenters. The van der Waals surface area contributed by atoms with Gasteiger partial charge in [0, 0.05) is 11.2 Å². The zero-order valence-electron chi connectivity index (χ0n) is 13.4. The number of hydrogen-bond acceptors (Lipinski definition) is 7. The number of rotatable bonds is 3. The fourth-order valence-corrected chi connectivity index (χ4v) is 2.30. The fourth-order valence-electron chi connectivity index (χ4n) is 2.13. The number of nitrogen functional groups attached to an aromatic ring is 2. The van der Waals surface area contributed by atoms with Gasteiger partial charge >= 0.3 is 6.18 Å². The molecule has 0 aliphatic rings. The van der Waals surface area contributed by atoms with Crippen molar-refractivity contribution in [1.29, 1.82) is 0 Å². The van der Waals surface area contributed by atoms with Crippen molar-refractivity contribution < 1.29 is 13.2 Å². The molecule has 0 fully saturated rings. The number of azo groups is 1. The van der Waals surface area contributed by atoms with E-state index in [0.717, 1.165) is 12.1 Å². The maximum absolute atomic E-state index is 13.1. The Hall–Kier alpha value is -3.27. The van der Waals surface area contributed by atoms with E-state index in [0.29, 0.717) is 5.69 Å². The van der Waals surface area contributed by atoms with Gasteiger partial charge in [0.2, 0.25) is 0 Å². The average molecular weight is 394 g/mol. The van der Waals surface area contributed by atoms with Crippen LogP contribution in [0.4, 0.5) is 36.2 Å². The first kappa shape index (κ1) is 18.5. The minimum Gasteiger partial charge on any atom is -0.382 e. The number of halogens is 4.